The zero-order valence-electron chi connectivity index (χ0n) is 14.3. The third-order valence-corrected chi connectivity index (χ3v) is 4.55. The molecule has 0 bridgehead atoms. The lowest BCUT2D eigenvalue weighted by molar-refractivity contribution is 0.462. The van der Waals surface area contributed by atoms with E-state index in [9.17, 15) is 8.42 Å². The number of rotatable bonds is 6. The van der Waals surface area contributed by atoms with Gasteiger partial charge in [-0.1, -0.05) is 17.3 Å². The van der Waals surface area contributed by atoms with Crippen LogP contribution in [0.25, 0.3) is 5.69 Å². The van der Waals surface area contributed by atoms with Crippen LogP contribution in [-0.4, -0.2) is 39.4 Å². The number of hydrogen-bond acceptors (Lipinski definition) is 5. The minimum Gasteiger partial charge on any atom is -0.248 e. The first kappa shape index (κ1) is 17.3. The third kappa shape index (κ3) is 4.31. The maximum atomic E-state index is 11.5. The highest BCUT2D eigenvalue weighted by molar-refractivity contribution is 7.88. The van der Waals surface area contributed by atoms with E-state index in [-0.39, 0.29) is 0 Å². The molecular formula is C16H20N6O2S. The molecule has 132 valence electrons. The van der Waals surface area contributed by atoms with Gasteiger partial charge in [0, 0.05) is 12.4 Å². The quantitative estimate of drug-likeness (QED) is 0.715. The molecule has 8 nitrogen and oxygen atoms in total. The van der Waals surface area contributed by atoms with Gasteiger partial charge >= 0.3 is 0 Å². The molecule has 0 aliphatic heterocycles. The van der Waals surface area contributed by atoms with Crippen molar-refractivity contribution in [3.05, 3.63) is 60.2 Å². The van der Waals surface area contributed by atoms with Crippen LogP contribution in [0.2, 0.25) is 0 Å². The highest BCUT2D eigenvalue weighted by Crippen LogP contribution is 2.18. The van der Waals surface area contributed by atoms with Crippen molar-refractivity contribution >= 4 is 10.0 Å². The second-order valence-electron chi connectivity index (χ2n) is 6.42. The molecule has 3 aromatic rings. The van der Waals surface area contributed by atoms with Crippen LogP contribution >= 0.6 is 0 Å². The van der Waals surface area contributed by atoms with Gasteiger partial charge in [-0.05, 0) is 37.6 Å². The van der Waals surface area contributed by atoms with Gasteiger partial charge in [0.15, 0.2) is 0 Å². The first-order chi connectivity index (χ1) is 11.7. The number of aromatic nitrogens is 5. The van der Waals surface area contributed by atoms with Gasteiger partial charge in [0.25, 0.3) is 0 Å². The van der Waals surface area contributed by atoms with Crippen LogP contribution in [0.3, 0.4) is 0 Å². The molecule has 0 saturated heterocycles. The van der Waals surface area contributed by atoms with Gasteiger partial charge in [0.2, 0.25) is 10.0 Å². The molecule has 2 heterocycles. The van der Waals surface area contributed by atoms with E-state index in [1.807, 2.05) is 36.5 Å². The van der Waals surface area contributed by atoms with E-state index in [0.29, 0.717) is 12.2 Å². The summed E-state index contributed by atoms with van der Waals surface area (Å²) in [6, 6.07) is 9.83. The lowest BCUT2D eigenvalue weighted by atomic mass is 10.0. The van der Waals surface area contributed by atoms with Crippen LogP contribution in [0.15, 0.2) is 48.9 Å². The topological polar surface area (TPSA) is 94.7 Å². The summed E-state index contributed by atoms with van der Waals surface area (Å²) >= 11 is 0. The molecule has 9 heteroatoms. The number of benzene rings is 1. The van der Waals surface area contributed by atoms with Crippen LogP contribution in [0, 0.1) is 0 Å². The van der Waals surface area contributed by atoms with Gasteiger partial charge in [-0.3, -0.25) is 0 Å². The van der Waals surface area contributed by atoms with Crippen LogP contribution in [-0.2, 0) is 22.1 Å². The van der Waals surface area contributed by atoms with Crippen LogP contribution in [0.4, 0.5) is 0 Å². The van der Waals surface area contributed by atoms with Crippen molar-refractivity contribution in [1.29, 1.82) is 0 Å². The summed E-state index contributed by atoms with van der Waals surface area (Å²) in [5.74, 6) is 0. The van der Waals surface area contributed by atoms with Crippen molar-refractivity contribution in [3.63, 3.8) is 0 Å². The van der Waals surface area contributed by atoms with Crippen molar-refractivity contribution in [1.82, 2.24) is 29.5 Å². The maximum absolute atomic E-state index is 11.5. The smallest absolute Gasteiger partial charge is 0.209 e. The van der Waals surface area contributed by atoms with E-state index in [1.165, 1.54) is 0 Å². The Bertz CT molecular complexity index is 943. The van der Waals surface area contributed by atoms with E-state index < -0.39 is 15.6 Å². The van der Waals surface area contributed by atoms with Crippen LogP contribution in [0.5, 0.6) is 0 Å². The van der Waals surface area contributed by atoms with Gasteiger partial charge in [-0.25, -0.2) is 22.5 Å². The fourth-order valence-corrected chi connectivity index (χ4v) is 3.57. The summed E-state index contributed by atoms with van der Waals surface area (Å²) in [5, 5.41) is 12.4. The summed E-state index contributed by atoms with van der Waals surface area (Å²) in [6.07, 6.45) is 6.49. The summed E-state index contributed by atoms with van der Waals surface area (Å²) in [6.45, 7) is 4.05. The third-order valence-electron chi connectivity index (χ3n) is 3.67. The monoisotopic (exact) mass is 360 g/mol. The molecule has 0 spiro atoms. The van der Waals surface area contributed by atoms with Gasteiger partial charge in [-0.15, -0.1) is 5.10 Å². The standard InChI is InChI=1S/C16H20N6O2S/c1-16(2,19-25(3,23)24)15-12-21(20-18-15)11-13-5-7-14(8-6-13)22-10-4-9-17-22/h4-10,12,19H,11H2,1-3H3. The molecule has 1 N–H and O–H groups in total. The average Bonchev–Trinajstić information content (AvgIpc) is 3.17. The molecule has 0 aliphatic carbocycles. The Balaban J connectivity index is 1.73. The normalized spacial score (nSPS) is 12.4. The molecule has 2 aromatic heterocycles. The van der Waals surface area contributed by atoms with E-state index in [2.05, 4.69) is 20.1 Å². The van der Waals surface area contributed by atoms with E-state index in [1.54, 1.807) is 35.6 Å². The lowest BCUT2D eigenvalue weighted by Crippen LogP contribution is -2.40. The van der Waals surface area contributed by atoms with Crippen molar-refractivity contribution in [2.24, 2.45) is 0 Å². The zero-order valence-corrected chi connectivity index (χ0v) is 15.1. The van der Waals surface area contributed by atoms with E-state index >= 15 is 0 Å². The minimum atomic E-state index is -3.34. The largest absolute Gasteiger partial charge is 0.248 e. The molecule has 0 atom stereocenters. The number of nitrogens with one attached hydrogen (secondary N) is 1. The summed E-state index contributed by atoms with van der Waals surface area (Å²) in [4.78, 5) is 0. The Kier molecular flexibility index (Phi) is 4.44. The van der Waals surface area contributed by atoms with E-state index in [0.717, 1.165) is 17.5 Å². The molecule has 0 fully saturated rings. The van der Waals surface area contributed by atoms with E-state index in [4.69, 9.17) is 0 Å². The Morgan fingerprint density at radius 2 is 1.92 bits per heavy atom. The zero-order chi connectivity index (χ0) is 18.1. The fourth-order valence-electron chi connectivity index (χ4n) is 2.54. The minimum absolute atomic E-state index is 0.543. The molecule has 0 radical (unpaired) electrons. The SMILES string of the molecule is CC(C)(NS(C)(=O)=O)c1cn(Cc2ccc(-n3cccn3)cc2)nn1. The highest BCUT2D eigenvalue weighted by atomic mass is 32.2. The Hall–Kier alpha value is -2.52. The van der Waals surface area contributed by atoms with Gasteiger partial charge in [0.1, 0.15) is 5.69 Å². The Morgan fingerprint density at radius 1 is 1.20 bits per heavy atom. The van der Waals surface area contributed by atoms with Gasteiger partial charge < -0.3 is 0 Å². The molecule has 0 aliphatic rings. The molecule has 1 aromatic carbocycles. The van der Waals surface area contributed by atoms with Crippen molar-refractivity contribution in [2.45, 2.75) is 25.9 Å². The predicted molar refractivity (Wildman–Crippen MR) is 93.7 cm³/mol. The van der Waals surface area contributed by atoms with Gasteiger partial charge in [0.05, 0.1) is 30.2 Å². The second-order valence-corrected chi connectivity index (χ2v) is 8.17. The fraction of sp³-hybridized carbons (Fsp3) is 0.312. The Morgan fingerprint density at radius 3 is 2.52 bits per heavy atom. The maximum Gasteiger partial charge on any atom is 0.209 e. The number of nitrogens with zero attached hydrogens (tertiary/aromatic N) is 5. The second kappa shape index (κ2) is 6.41. The predicted octanol–water partition coefficient (Wildman–Crippen LogP) is 1.30. The molecule has 25 heavy (non-hydrogen) atoms. The first-order valence-electron chi connectivity index (χ1n) is 7.71. The van der Waals surface area contributed by atoms with Crippen molar-refractivity contribution < 1.29 is 8.42 Å². The lowest BCUT2D eigenvalue weighted by Gasteiger charge is -2.21. The number of hydrogen-bond donors (Lipinski definition) is 1. The number of sulfonamides is 1. The van der Waals surface area contributed by atoms with Crippen molar-refractivity contribution in [3.8, 4) is 5.69 Å². The molecule has 0 unspecified atom stereocenters. The highest BCUT2D eigenvalue weighted by Gasteiger charge is 2.27. The van der Waals surface area contributed by atoms with Crippen molar-refractivity contribution in [2.75, 3.05) is 6.26 Å². The summed E-state index contributed by atoms with van der Waals surface area (Å²) < 4.78 is 29.0. The molecule has 0 saturated carbocycles. The summed E-state index contributed by atoms with van der Waals surface area (Å²) in [5.41, 5.74) is 1.77. The molecule has 3 rings (SSSR count). The molecule has 0 amide bonds. The average molecular weight is 360 g/mol. The summed E-state index contributed by atoms with van der Waals surface area (Å²) in [7, 11) is -3.34. The first-order valence-corrected chi connectivity index (χ1v) is 9.61. The van der Waals surface area contributed by atoms with Crippen LogP contribution < -0.4 is 4.72 Å². The van der Waals surface area contributed by atoms with Gasteiger partial charge in [-0.2, -0.15) is 5.10 Å². The van der Waals surface area contributed by atoms with Crippen LogP contribution in [0.1, 0.15) is 25.1 Å². The Labute approximate surface area is 146 Å². The molecular weight excluding hydrogens is 340 g/mol.